The first-order valence-electron chi connectivity index (χ1n) is 10.5. The average molecular weight is 616 g/mol. The molecule has 0 radical (unpaired) electrons. The maximum Gasteiger partial charge on any atom is 0.282 e. The van der Waals surface area contributed by atoms with Crippen LogP contribution in [0.2, 0.25) is 25.1 Å². The largest absolute Gasteiger partial charge is 0.292 e. The van der Waals surface area contributed by atoms with Gasteiger partial charge < -0.3 is 0 Å². The van der Waals surface area contributed by atoms with E-state index in [0.29, 0.717) is 15.0 Å². The highest BCUT2D eigenvalue weighted by atomic mass is 35.5. The molecule has 0 N–H and O–H groups in total. The highest BCUT2D eigenvalue weighted by molar-refractivity contribution is 6.55. The molecule has 4 rings (SSSR count). The molecule has 0 unspecified atom stereocenters. The summed E-state index contributed by atoms with van der Waals surface area (Å²) in [6.07, 6.45) is 0. The van der Waals surface area contributed by atoms with Gasteiger partial charge >= 0.3 is 0 Å². The summed E-state index contributed by atoms with van der Waals surface area (Å²) in [5.74, 6) is -3.81. The van der Waals surface area contributed by atoms with Crippen LogP contribution in [0.5, 0.6) is 0 Å². The number of nitro benzene ring substituents is 1. The van der Waals surface area contributed by atoms with Gasteiger partial charge in [-0.2, -0.15) is 5.01 Å². The molecule has 0 aliphatic carbocycles. The number of hydrazine groups is 1. The lowest BCUT2D eigenvalue weighted by Gasteiger charge is -2.34. The third-order valence-electron chi connectivity index (χ3n) is 5.70. The first-order valence-corrected chi connectivity index (χ1v) is 12.4. The van der Waals surface area contributed by atoms with E-state index in [0.717, 1.165) is 24.3 Å². The molecule has 0 fully saturated rings. The van der Waals surface area contributed by atoms with Gasteiger partial charge in [0.05, 0.1) is 36.1 Å². The van der Waals surface area contributed by atoms with Crippen molar-refractivity contribution in [1.82, 2.24) is 10.0 Å². The molecule has 3 amide bonds. The second-order valence-corrected chi connectivity index (χ2v) is 9.88. The summed E-state index contributed by atoms with van der Waals surface area (Å²) in [4.78, 5) is 64.5. The van der Waals surface area contributed by atoms with E-state index in [-0.39, 0.29) is 36.9 Å². The molecule has 1 aliphatic rings. The number of carbonyl (C=O) groups excluding carboxylic acids is 4. The lowest BCUT2D eigenvalue weighted by Crippen LogP contribution is -2.56. The van der Waals surface area contributed by atoms with Gasteiger partial charge in [0.1, 0.15) is 6.04 Å². The Hall–Kier alpha value is -3.21. The first kappa shape index (κ1) is 27.8. The van der Waals surface area contributed by atoms with Gasteiger partial charge in [-0.3, -0.25) is 29.3 Å². The molecule has 194 valence electrons. The Kier molecular flexibility index (Phi) is 7.69. The monoisotopic (exact) mass is 613 g/mol. The highest BCUT2D eigenvalue weighted by Gasteiger charge is 2.48. The molecular weight excluding hydrogens is 604 g/mol. The van der Waals surface area contributed by atoms with Gasteiger partial charge in [-0.1, -0.05) is 58.0 Å². The van der Waals surface area contributed by atoms with Gasteiger partial charge in [0.15, 0.2) is 5.78 Å². The molecule has 3 aromatic rings. The van der Waals surface area contributed by atoms with Crippen LogP contribution in [0.4, 0.5) is 5.69 Å². The first-order chi connectivity index (χ1) is 17.9. The molecular formula is C24H12Cl5N3O6. The standard InChI is InChI=1S/C24H12Cl5N3O6/c1-10(21(33)11-2-6-13(25)7-3-11)30(22(34)12-4-8-14(9-5-12)32(37)38)31-23(35)15-16(24(31)36)18(27)20(29)19(28)17(15)26/h2-10H,1H3/t10-/m0/s1. The molecule has 0 aromatic heterocycles. The molecule has 3 aromatic carbocycles. The van der Waals surface area contributed by atoms with Gasteiger partial charge in [-0.15, -0.1) is 0 Å². The quantitative estimate of drug-likeness (QED) is 0.0753. The van der Waals surface area contributed by atoms with Crippen molar-refractivity contribution < 1.29 is 24.1 Å². The number of nitrogens with zero attached hydrogens (tertiary/aromatic N) is 3. The summed E-state index contributed by atoms with van der Waals surface area (Å²) in [6.45, 7) is 1.30. The molecule has 38 heavy (non-hydrogen) atoms. The molecule has 0 saturated heterocycles. The summed E-state index contributed by atoms with van der Waals surface area (Å²) < 4.78 is 0. The van der Waals surface area contributed by atoms with E-state index in [4.69, 9.17) is 58.0 Å². The molecule has 1 heterocycles. The van der Waals surface area contributed by atoms with Crippen molar-refractivity contribution in [1.29, 1.82) is 0 Å². The van der Waals surface area contributed by atoms with E-state index >= 15 is 0 Å². The van der Waals surface area contributed by atoms with Crippen LogP contribution in [0.1, 0.15) is 48.4 Å². The smallest absolute Gasteiger partial charge is 0.282 e. The summed E-state index contributed by atoms with van der Waals surface area (Å²) in [5, 5.41) is 11.2. The lowest BCUT2D eigenvalue weighted by atomic mass is 10.0. The fourth-order valence-corrected chi connectivity index (χ4v) is 4.94. The van der Waals surface area contributed by atoms with Crippen molar-refractivity contribution in [3.8, 4) is 0 Å². The van der Waals surface area contributed by atoms with Gasteiger partial charge in [0.2, 0.25) is 0 Å². The third-order valence-corrected chi connectivity index (χ3v) is 7.76. The SMILES string of the molecule is C[C@@H](C(=O)c1ccc(Cl)cc1)N(C(=O)c1ccc([N+](=O)[O-])cc1)N1C(=O)c2c(Cl)c(Cl)c(Cl)c(Cl)c2C1=O. The van der Waals surface area contributed by atoms with Crippen LogP contribution < -0.4 is 0 Å². The fourth-order valence-electron chi connectivity index (χ4n) is 3.80. The van der Waals surface area contributed by atoms with Crippen LogP contribution in [-0.4, -0.2) is 44.5 Å². The van der Waals surface area contributed by atoms with Crippen LogP contribution in [0.3, 0.4) is 0 Å². The number of halogens is 5. The molecule has 9 nitrogen and oxygen atoms in total. The van der Waals surface area contributed by atoms with Crippen LogP contribution in [0, 0.1) is 10.1 Å². The Balaban J connectivity index is 1.86. The van der Waals surface area contributed by atoms with Crippen LogP contribution >= 0.6 is 58.0 Å². The van der Waals surface area contributed by atoms with E-state index in [1.807, 2.05) is 0 Å². The number of rotatable bonds is 6. The predicted octanol–water partition coefficient (Wildman–Crippen LogP) is 6.79. The molecule has 0 spiro atoms. The van der Waals surface area contributed by atoms with Gasteiger partial charge in [0.25, 0.3) is 23.4 Å². The van der Waals surface area contributed by atoms with Crippen molar-refractivity contribution in [2.45, 2.75) is 13.0 Å². The van der Waals surface area contributed by atoms with Crippen LogP contribution in [-0.2, 0) is 0 Å². The number of amides is 3. The molecule has 14 heteroatoms. The summed E-state index contributed by atoms with van der Waals surface area (Å²) >= 11 is 30.5. The van der Waals surface area contributed by atoms with Crippen molar-refractivity contribution in [3.05, 3.63) is 106 Å². The number of carbonyl (C=O) groups is 4. The number of hydrogen-bond donors (Lipinski definition) is 0. The molecule has 1 atom stereocenters. The summed E-state index contributed by atoms with van der Waals surface area (Å²) in [6, 6.07) is 8.66. The van der Waals surface area contributed by atoms with Crippen molar-refractivity contribution in [3.63, 3.8) is 0 Å². The minimum atomic E-state index is -1.44. The maximum absolute atomic E-state index is 13.7. The molecule has 0 saturated carbocycles. The summed E-state index contributed by atoms with van der Waals surface area (Å²) in [7, 11) is 0. The maximum atomic E-state index is 13.7. The molecule has 1 aliphatic heterocycles. The zero-order chi connectivity index (χ0) is 28.0. The van der Waals surface area contributed by atoms with E-state index in [9.17, 15) is 29.3 Å². The third kappa shape index (κ3) is 4.61. The molecule has 0 bridgehead atoms. The lowest BCUT2D eigenvalue weighted by molar-refractivity contribution is -0.384. The Morgan fingerprint density at radius 1 is 0.789 bits per heavy atom. The number of benzene rings is 3. The van der Waals surface area contributed by atoms with E-state index in [1.54, 1.807) is 0 Å². The Morgan fingerprint density at radius 2 is 1.24 bits per heavy atom. The van der Waals surface area contributed by atoms with Crippen LogP contribution in [0.25, 0.3) is 0 Å². The zero-order valence-electron chi connectivity index (χ0n) is 18.9. The fraction of sp³-hybridized carbons (Fsp3) is 0.0833. The highest BCUT2D eigenvalue weighted by Crippen LogP contribution is 2.45. The minimum absolute atomic E-state index is 0.127. The number of hydrogen-bond acceptors (Lipinski definition) is 6. The minimum Gasteiger partial charge on any atom is -0.292 e. The van der Waals surface area contributed by atoms with E-state index < -0.39 is 45.6 Å². The summed E-state index contributed by atoms with van der Waals surface area (Å²) in [5.41, 5.74) is -1.13. The van der Waals surface area contributed by atoms with Gasteiger partial charge in [-0.25, -0.2) is 5.01 Å². The van der Waals surface area contributed by atoms with Crippen LogP contribution in [0.15, 0.2) is 48.5 Å². The zero-order valence-corrected chi connectivity index (χ0v) is 22.7. The number of Topliss-reactive ketones (excluding diaryl/α,β-unsaturated/α-hetero) is 1. The topological polar surface area (TPSA) is 118 Å². The average Bonchev–Trinajstić information content (AvgIpc) is 3.16. The van der Waals surface area contributed by atoms with E-state index in [1.165, 1.54) is 31.2 Å². The van der Waals surface area contributed by atoms with E-state index in [2.05, 4.69) is 0 Å². The second kappa shape index (κ2) is 10.5. The predicted molar refractivity (Wildman–Crippen MR) is 141 cm³/mol. The van der Waals surface area contributed by atoms with Crippen molar-refractivity contribution in [2.24, 2.45) is 0 Å². The van der Waals surface area contributed by atoms with Gasteiger partial charge in [0, 0.05) is 28.3 Å². The number of non-ortho nitro benzene ring substituents is 1. The second-order valence-electron chi connectivity index (χ2n) is 7.93. The number of ketones is 1. The Labute approximate surface area is 239 Å². The normalized spacial score (nSPS) is 13.4. The van der Waals surface area contributed by atoms with Gasteiger partial charge in [-0.05, 0) is 43.3 Å². The Bertz CT molecular complexity index is 1500. The number of fused-ring (bicyclic) bond motifs is 1. The van der Waals surface area contributed by atoms with Crippen molar-refractivity contribution >= 4 is 87.2 Å². The number of nitro groups is 1. The van der Waals surface area contributed by atoms with Crippen molar-refractivity contribution in [2.75, 3.05) is 0 Å². The Morgan fingerprint density at radius 3 is 1.68 bits per heavy atom. The number of imide groups is 1.